The van der Waals surface area contributed by atoms with E-state index < -0.39 is 38.4 Å². The highest BCUT2D eigenvalue weighted by molar-refractivity contribution is 7.90. The first-order chi connectivity index (χ1) is 9.04. The highest BCUT2D eigenvalue weighted by Gasteiger charge is 2.19. The van der Waals surface area contributed by atoms with Crippen LogP contribution in [0.2, 0.25) is 0 Å². The van der Waals surface area contributed by atoms with Crippen molar-refractivity contribution in [1.29, 1.82) is 0 Å². The maximum Gasteiger partial charge on any atom is 0.247 e. The van der Waals surface area contributed by atoms with E-state index in [0.717, 1.165) is 30.5 Å². The van der Waals surface area contributed by atoms with Crippen LogP contribution in [0.4, 0.5) is 0 Å². The van der Waals surface area contributed by atoms with Gasteiger partial charge in [-0.05, 0) is 24.3 Å². The van der Waals surface area contributed by atoms with E-state index in [1.165, 1.54) is 0 Å². The number of hydrogen-bond donors (Lipinski definition) is 3. The Labute approximate surface area is 116 Å². The minimum Gasteiger partial charge on any atom is -0.382 e. The van der Waals surface area contributed by atoms with Crippen LogP contribution in [0, 0.1) is 0 Å². The zero-order valence-electron chi connectivity index (χ0n) is 10.5. The zero-order valence-corrected chi connectivity index (χ0v) is 12.1. The standard InChI is InChI=1S/C10H14N2O6S2/c1-19(15,16)7-2-4-8(5-3-7)20(17,18)12-6-9(13)10(11)14/h2-5,9,12-13H,6H2,1H3,(H2,11,14). The summed E-state index contributed by atoms with van der Waals surface area (Å²) in [6, 6.07) is 4.51. The van der Waals surface area contributed by atoms with Gasteiger partial charge in [0.15, 0.2) is 9.84 Å². The summed E-state index contributed by atoms with van der Waals surface area (Å²) in [5.41, 5.74) is 4.78. The van der Waals surface area contributed by atoms with Crippen molar-refractivity contribution in [2.45, 2.75) is 15.9 Å². The minimum atomic E-state index is -3.96. The van der Waals surface area contributed by atoms with Crippen molar-refractivity contribution in [1.82, 2.24) is 4.72 Å². The molecule has 0 saturated heterocycles. The third-order valence-electron chi connectivity index (χ3n) is 2.36. The predicted octanol–water partition coefficient (Wildman–Crippen LogP) is -1.79. The number of sulfone groups is 1. The quantitative estimate of drug-likeness (QED) is 0.564. The number of aliphatic hydroxyl groups is 1. The lowest BCUT2D eigenvalue weighted by Gasteiger charge is -2.09. The fourth-order valence-electron chi connectivity index (χ4n) is 1.24. The van der Waals surface area contributed by atoms with Crippen molar-refractivity contribution < 1.29 is 26.7 Å². The third-order valence-corrected chi connectivity index (χ3v) is 4.93. The van der Waals surface area contributed by atoms with Crippen molar-refractivity contribution in [3.8, 4) is 0 Å². The summed E-state index contributed by atoms with van der Waals surface area (Å²) in [6.45, 7) is -0.564. The van der Waals surface area contributed by atoms with Gasteiger partial charge in [0, 0.05) is 12.8 Å². The van der Waals surface area contributed by atoms with E-state index in [2.05, 4.69) is 0 Å². The maximum absolute atomic E-state index is 11.8. The first kappa shape index (κ1) is 16.6. The van der Waals surface area contributed by atoms with Gasteiger partial charge in [0.1, 0.15) is 6.10 Å². The van der Waals surface area contributed by atoms with Crippen molar-refractivity contribution >= 4 is 25.8 Å². The molecule has 0 radical (unpaired) electrons. The smallest absolute Gasteiger partial charge is 0.247 e. The Morgan fingerprint density at radius 3 is 2.05 bits per heavy atom. The number of aliphatic hydroxyl groups excluding tert-OH is 1. The van der Waals surface area contributed by atoms with Crippen LogP contribution >= 0.6 is 0 Å². The Morgan fingerprint density at radius 1 is 1.20 bits per heavy atom. The Hall–Kier alpha value is -1.49. The summed E-state index contributed by atoms with van der Waals surface area (Å²) < 4.78 is 48.0. The van der Waals surface area contributed by atoms with Crippen LogP contribution in [0.25, 0.3) is 0 Å². The van der Waals surface area contributed by atoms with E-state index >= 15 is 0 Å². The molecule has 10 heteroatoms. The van der Waals surface area contributed by atoms with Gasteiger partial charge in [0.25, 0.3) is 0 Å². The molecule has 0 heterocycles. The second kappa shape index (κ2) is 5.87. The van der Waals surface area contributed by atoms with Crippen molar-refractivity contribution in [2.75, 3.05) is 12.8 Å². The number of benzene rings is 1. The van der Waals surface area contributed by atoms with Gasteiger partial charge in [-0.15, -0.1) is 0 Å². The van der Waals surface area contributed by atoms with Crippen molar-refractivity contribution in [2.24, 2.45) is 5.73 Å². The predicted molar refractivity (Wildman–Crippen MR) is 69.9 cm³/mol. The average Bonchev–Trinajstić information content (AvgIpc) is 2.35. The van der Waals surface area contributed by atoms with E-state index in [9.17, 15) is 21.6 Å². The first-order valence-corrected chi connectivity index (χ1v) is 8.68. The number of nitrogens with one attached hydrogen (secondary N) is 1. The molecule has 4 N–H and O–H groups in total. The molecule has 0 saturated carbocycles. The number of nitrogens with two attached hydrogens (primary N) is 1. The van der Waals surface area contributed by atoms with Crippen LogP contribution in [0.3, 0.4) is 0 Å². The molecule has 0 fully saturated rings. The van der Waals surface area contributed by atoms with Gasteiger partial charge in [0.2, 0.25) is 15.9 Å². The summed E-state index contributed by atoms with van der Waals surface area (Å²) in [5.74, 6) is -1.06. The molecule has 1 aromatic rings. The van der Waals surface area contributed by atoms with Gasteiger partial charge in [-0.2, -0.15) is 0 Å². The van der Waals surface area contributed by atoms with Crippen LogP contribution in [0.5, 0.6) is 0 Å². The summed E-state index contributed by atoms with van der Waals surface area (Å²) in [6.07, 6.45) is -0.641. The molecule has 0 spiro atoms. The Kier molecular flexibility index (Phi) is 4.86. The van der Waals surface area contributed by atoms with Crippen LogP contribution in [-0.4, -0.2) is 46.8 Å². The van der Waals surface area contributed by atoms with Gasteiger partial charge in [-0.1, -0.05) is 0 Å². The SMILES string of the molecule is CS(=O)(=O)c1ccc(S(=O)(=O)NCC(O)C(N)=O)cc1. The molecule has 0 bridgehead atoms. The highest BCUT2D eigenvalue weighted by atomic mass is 32.2. The van der Waals surface area contributed by atoms with E-state index in [4.69, 9.17) is 10.8 Å². The molecule has 1 atom stereocenters. The number of rotatable bonds is 6. The van der Waals surface area contributed by atoms with Crippen LogP contribution in [0.1, 0.15) is 0 Å². The summed E-state index contributed by atoms with van der Waals surface area (Å²) in [7, 11) is -7.38. The molecule has 1 aromatic carbocycles. The second-order valence-corrected chi connectivity index (χ2v) is 7.80. The molecule has 0 aromatic heterocycles. The third kappa shape index (κ3) is 4.27. The number of sulfonamides is 1. The van der Waals surface area contributed by atoms with E-state index in [-0.39, 0.29) is 9.79 Å². The van der Waals surface area contributed by atoms with Gasteiger partial charge in [0.05, 0.1) is 9.79 Å². The largest absolute Gasteiger partial charge is 0.382 e. The Morgan fingerprint density at radius 2 is 1.65 bits per heavy atom. The van der Waals surface area contributed by atoms with E-state index in [0.29, 0.717) is 0 Å². The van der Waals surface area contributed by atoms with Crippen LogP contribution in [0.15, 0.2) is 34.1 Å². The maximum atomic E-state index is 11.8. The molecule has 1 amide bonds. The van der Waals surface area contributed by atoms with E-state index in [1.54, 1.807) is 0 Å². The van der Waals surface area contributed by atoms with Crippen molar-refractivity contribution in [3.63, 3.8) is 0 Å². The molecule has 1 unspecified atom stereocenters. The molecular formula is C10H14N2O6S2. The molecule has 20 heavy (non-hydrogen) atoms. The monoisotopic (exact) mass is 322 g/mol. The lowest BCUT2D eigenvalue weighted by atomic mass is 10.3. The van der Waals surface area contributed by atoms with E-state index in [1.807, 2.05) is 4.72 Å². The molecule has 0 aliphatic rings. The van der Waals surface area contributed by atoms with Crippen LogP contribution < -0.4 is 10.5 Å². The van der Waals surface area contributed by atoms with Crippen molar-refractivity contribution in [3.05, 3.63) is 24.3 Å². The van der Waals surface area contributed by atoms with Gasteiger partial charge in [-0.3, -0.25) is 4.79 Å². The summed E-state index contributed by atoms with van der Waals surface area (Å²) in [4.78, 5) is 10.4. The van der Waals surface area contributed by atoms with Crippen LogP contribution in [-0.2, 0) is 24.7 Å². The van der Waals surface area contributed by atoms with Gasteiger partial charge in [-0.25, -0.2) is 21.6 Å². The Bertz CT molecular complexity index is 694. The lowest BCUT2D eigenvalue weighted by Crippen LogP contribution is -2.39. The Balaban J connectivity index is 2.91. The number of hydrogen-bond acceptors (Lipinski definition) is 6. The minimum absolute atomic E-state index is 0.0198. The molecule has 112 valence electrons. The number of carbonyl (C=O) groups is 1. The molecular weight excluding hydrogens is 308 g/mol. The molecule has 1 rings (SSSR count). The zero-order chi connectivity index (χ0) is 15.6. The van der Waals surface area contributed by atoms with Gasteiger partial charge >= 0.3 is 0 Å². The highest BCUT2D eigenvalue weighted by Crippen LogP contribution is 2.14. The summed E-state index contributed by atoms with van der Waals surface area (Å²) >= 11 is 0. The first-order valence-electron chi connectivity index (χ1n) is 5.31. The lowest BCUT2D eigenvalue weighted by molar-refractivity contribution is -0.125. The summed E-state index contributed by atoms with van der Waals surface area (Å²) in [5, 5.41) is 9.11. The average molecular weight is 322 g/mol. The molecule has 0 aliphatic heterocycles. The normalized spacial score (nSPS) is 13.9. The fourth-order valence-corrected chi connectivity index (χ4v) is 2.91. The topological polar surface area (TPSA) is 144 Å². The second-order valence-electron chi connectivity index (χ2n) is 4.01. The molecule has 0 aliphatic carbocycles. The number of amides is 1. The molecule has 8 nitrogen and oxygen atoms in total. The fraction of sp³-hybridized carbons (Fsp3) is 0.300. The number of carbonyl (C=O) groups excluding carboxylic acids is 1. The number of primary amides is 1. The van der Waals surface area contributed by atoms with Gasteiger partial charge < -0.3 is 10.8 Å².